The summed E-state index contributed by atoms with van der Waals surface area (Å²) in [5.74, 6) is 6.55. The number of rotatable bonds is 2. The zero-order valence-electron chi connectivity index (χ0n) is 8.52. The van der Waals surface area contributed by atoms with Gasteiger partial charge in [-0.25, -0.2) is 5.01 Å². The molecule has 0 aliphatic carbocycles. The molecule has 0 saturated carbocycles. The smallest absolute Gasteiger partial charge is 0.0131 e. The van der Waals surface area contributed by atoms with E-state index in [2.05, 4.69) is 30.3 Å². The minimum Gasteiger partial charge on any atom is -0.269 e. The molecule has 0 atom stereocenters. The van der Waals surface area contributed by atoms with Crippen LogP contribution < -0.4 is 5.84 Å². The molecule has 76 valence electrons. The van der Waals surface area contributed by atoms with Crippen LogP contribution in [-0.4, -0.2) is 18.1 Å². The van der Waals surface area contributed by atoms with Crippen molar-refractivity contribution in [2.45, 2.75) is 19.3 Å². The maximum absolute atomic E-state index is 5.72. The summed E-state index contributed by atoms with van der Waals surface area (Å²) in [7, 11) is 0. The largest absolute Gasteiger partial charge is 0.269 e. The minimum absolute atomic E-state index is 0.831. The van der Waals surface area contributed by atoms with Crippen LogP contribution in [0.1, 0.15) is 18.4 Å². The Labute approximate surface area is 85.7 Å². The third-order valence-electron chi connectivity index (χ3n) is 3.02. The van der Waals surface area contributed by atoms with Crippen molar-refractivity contribution in [3.8, 4) is 0 Å². The van der Waals surface area contributed by atoms with Crippen molar-refractivity contribution < 1.29 is 0 Å². The molecule has 2 rings (SSSR count). The molecule has 1 heterocycles. The Kier molecular flexibility index (Phi) is 3.17. The maximum atomic E-state index is 5.72. The Morgan fingerprint density at radius 2 is 1.79 bits per heavy atom. The van der Waals surface area contributed by atoms with E-state index in [4.69, 9.17) is 5.84 Å². The highest BCUT2D eigenvalue weighted by atomic mass is 15.4. The predicted molar refractivity (Wildman–Crippen MR) is 58.6 cm³/mol. The highest BCUT2D eigenvalue weighted by Crippen LogP contribution is 2.19. The SMILES string of the molecule is NN1CCC(Cc2ccccc2)CC1. The number of benzene rings is 1. The second kappa shape index (κ2) is 4.58. The van der Waals surface area contributed by atoms with Crippen LogP contribution in [0.3, 0.4) is 0 Å². The summed E-state index contributed by atoms with van der Waals surface area (Å²) in [6, 6.07) is 10.7. The molecule has 2 nitrogen and oxygen atoms in total. The number of nitrogens with two attached hydrogens (primary N) is 1. The van der Waals surface area contributed by atoms with Crippen LogP contribution >= 0.6 is 0 Å². The van der Waals surface area contributed by atoms with Crippen LogP contribution in [0.15, 0.2) is 30.3 Å². The molecule has 0 amide bonds. The average molecular weight is 190 g/mol. The minimum atomic E-state index is 0.831. The summed E-state index contributed by atoms with van der Waals surface area (Å²) in [6.07, 6.45) is 3.70. The Balaban J connectivity index is 1.87. The number of hydrazine groups is 1. The van der Waals surface area contributed by atoms with Crippen molar-refractivity contribution in [3.63, 3.8) is 0 Å². The molecule has 14 heavy (non-hydrogen) atoms. The van der Waals surface area contributed by atoms with Crippen molar-refractivity contribution in [1.82, 2.24) is 5.01 Å². The fourth-order valence-corrected chi connectivity index (χ4v) is 2.10. The third-order valence-corrected chi connectivity index (χ3v) is 3.02. The van der Waals surface area contributed by atoms with Gasteiger partial charge in [0.15, 0.2) is 0 Å². The van der Waals surface area contributed by atoms with Gasteiger partial charge in [-0.1, -0.05) is 30.3 Å². The molecule has 0 unspecified atom stereocenters. The van der Waals surface area contributed by atoms with E-state index in [9.17, 15) is 0 Å². The number of piperidine rings is 1. The molecule has 1 saturated heterocycles. The molecule has 0 radical (unpaired) electrons. The lowest BCUT2D eigenvalue weighted by Gasteiger charge is -2.28. The molecular formula is C12H18N2. The molecule has 0 bridgehead atoms. The van der Waals surface area contributed by atoms with Gasteiger partial charge in [-0.2, -0.15) is 0 Å². The van der Waals surface area contributed by atoms with Gasteiger partial charge in [-0.05, 0) is 30.7 Å². The Morgan fingerprint density at radius 3 is 2.43 bits per heavy atom. The Bertz CT molecular complexity index is 263. The van der Waals surface area contributed by atoms with Gasteiger partial charge in [0.1, 0.15) is 0 Å². The fraction of sp³-hybridized carbons (Fsp3) is 0.500. The van der Waals surface area contributed by atoms with E-state index in [1.807, 2.05) is 5.01 Å². The maximum Gasteiger partial charge on any atom is 0.0131 e. The van der Waals surface area contributed by atoms with E-state index in [1.54, 1.807) is 0 Å². The van der Waals surface area contributed by atoms with Gasteiger partial charge in [0.05, 0.1) is 0 Å². The van der Waals surface area contributed by atoms with Gasteiger partial charge in [-0.15, -0.1) is 0 Å². The summed E-state index contributed by atoms with van der Waals surface area (Å²) in [6.45, 7) is 2.11. The van der Waals surface area contributed by atoms with Gasteiger partial charge in [0, 0.05) is 13.1 Å². The molecule has 1 fully saturated rings. The first-order valence-corrected chi connectivity index (χ1v) is 5.38. The van der Waals surface area contributed by atoms with Crippen molar-refractivity contribution in [3.05, 3.63) is 35.9 Å². The Hall–Kier alpha value is -0.860. The topological polar surface area (TPSA) is 29.3 Å². The third kappa shape index (κ3) is 2.56. The van der Waals surface area contributed by atoms with Gasteiger partial charge >= 0.3 is 0 Å². The average Bonchev–Trinajstić information content (AvgIpc) is 2.23. The van der Waals surface area contributed by atoms with E-state index in [1.165, 1.54) is 24.8 Å². The van der Waals surface area contributed by atoms with Crippen LogP contribution in [-0.2, 0) is 6.42 Å². The van der Waals surface area contributed by atoms with Gasteiger partial charge < -0.3 is 0 Å². The van der Waals surface area contributed by atoms with E-state index < -0.39 is 0 Å². The molecule has 0 aromatic heterocycles. The van der Waals surface area contributed by atoms with E-state index in [-0.39, 0.29) is 0 Å². The first-order valence-electron chi connectivity index (χ1n) is 5.38. The second-order valence-corrected chi connectivity index (χ2v) is 4.17. The molecule has 1 aromatic rings. The molecule has 1 aliphatic rings. The number of hydrogen-bond acceptors (Lipinski definition) is 2. The molecule has 2 N–H and O–H groups in total. The first-order chi connectivity index (χ1) is 6.84. The summed E-state index contributed by atoms with van der Waals surface area (Å²) in [4.78, 5) is 0. The zero-order chi connectivity index (χ0) is 9.80. The van der Waals surface area contributed by atoms with E-state index in [0.717, 1.165) is 19.0 Å². The lowest BCUT2D eigenvalue weighted by atomic mass is 9.91. The lowest BCUT2D eigenvalue weighted by Crippen LogP contribution is -2.39. The van der Waals surface area contributed by atoms with Crippen LogP contribution in [0.2, 0.25) is 0 Å². The summed E-state index contributed by atoms with van der Waals surface area (Å²) >= 11 is 0. The van der Waals surface area contributed by atoms with Crippen molar-refractivity contribution in [1.29, 1.82) is 0 Å². The zero-order valence-corrected chi connectivity index (χ0v) is 8.52. The van der Waals surface area contributed by atoms with E-state index in [0.29, 0.717) is 0 Å². The normalized spacial score (nSPS) is 19.8. The first kappa shape index (κ1) is 9.69. The Morgan fingerprint density at radius 1 is 1.14 bits per heavy atom. The monoisotopic (exact) mass is 190 g/mol. The van der Waals surface area contributed by atoms with Crippen LogP contribution in [0.5, 0.6) is 0 Å². The van der Waals surface area contributed by atoms with Gasteiger partial charge in [0.25, 0.3) is 0 Å². The van der Waals surface area contributed by atoms with E-state index >= 15 is 0 Å². The van der Waals surface area contributed by atoms with Gasteiger partial charge in [0.2, 0.25) is 0 Å². The quantitative estimate of drug-likeness (QED) is 0.721. The number of hydrogen-bond donors (Lipinski definition) is 1. The summed E-state index contributed by atoms with van der Waals surface area (Å²) < 4.78 is 0. The second-order valence-electron chi connectivity index (χ2n) is 4.17. The predicted octanol–water partition coefficient (Wildman–Crippen LogP) is 1.81. The summed E-state index contributed by atoms with van der Waals surface area (Å²) in [5, 5.41) is 1.93. The highest BCUT2D eigenvalue weighted by molar-refractivity contribution is 5.15. The molecule has 1 aromatic carbocycles. The summed E-state index contributed by atoms with van der Waals surface area (Å²) in [5.41, 5.74) is 1.46. The van der Waals surface area contributed by atoms with Crippen molar-refractivity contribution in [2.24, 2.45) is 11.8 Å². The molecule has 1 aliphatic heterocycles. The van der Waals surface area contributed by atoms with Gasteiger partial charge in [-0.3, -0.25) is 5.84 Å². The molecule has 0 spiro atoms. The van der Waals surface area contributed by atoms with Crippen molar-refractivity contribution >= 4 is 0 Å². The van der Waals surface area contributed by atoms with Crippen molar-refractivity contribution in [2.75, 3.05) is 13.1 Å². The number of nitrogens with zero attached hydrogens (tertiary/aromatic N) is 1. The fourth-order valence-electron chi connectivity index (χ4n) is 2.10. The molecular weight excluding hydrogens is 172 g/mol. The standard InChI is InChI=1S/C12H18N2/c13-14-8-6-12(7-9-14)10-11-4-2-1-3-5-11/h1-5,12H,6-10,13H2. The van der Waals surface area contributed by atoms with Crippen LogP contribution in [0.25, 0.3) is 0 Å². The highest BCUT2D eigenvalue weighted by Gasteiger charge is 2.16. The lowest BCUT2D eigenvalue weighted by molar-refractivity contribution is 0.187. The van der Waals surface area contributed by atoms with Crippen LogP contribution in [0, 0.1) is 5.92 Å². The molecule has 2 heteroatoms. The van der Waals surface area contributed by atoms with Crippen LogP contribution in [0.4, 0.5) is 0 Å².